The molecule has 1 atom stereocenters. The highest BCUT2D eigenvalue weighted by Crippen LogP contribution is 2.27. The average molecular weight is 352 g/mol. The van der Waals surface area contributed by atoms with Crippen LogP contribution in [0.25, 0.3) is 0 Å². The zero-order chi connectivity index (χ0) is 17.4. The van der Waals surface area contributed by atoms with Gasteiger partial charge in [0.05, 0.1) is 14.2 Å². The fourth-order valence-corrected chi connectivity index (χ4v) is 4.03. The molecule has 1 aromatic rings. The van der Waals surface area contributed by atoms with E-state index in [0.717, 1.165) is 43.5 Å². The van der Waals surface area contributed by atoms with Crippen LogP contribution in [-0.4, -0.2) is 62.8 Å². The molecule has 1 heterocycles. The Morgan fingerprint density at radius 2 is 2.12 bits per heavy atom. The van der Waals surface area contributed by atoms with Crippen molar-refractivity contribution in [1.82, 2.24) is 10.2 Å². The van der Waals surface area contributed by atoms with Crippen LogP contribution < -0.4 is 14.8 Å². The van der Waals surface area contributed by atoms with Crippen molar-refractivity contribution in [3.05, 3.63) is 23.8 Å². The molecule has 1 aliphatic heterocycles. The van der Waals surface area contributed by atoms with Crippen LogP contribution >= 0.6 is 11.8 Å². The molecule has 1 aromatic carbocycles. The van der Waals surface area contributed by atoms with Gasteiger partial charge in [0.2, 0.25) is 0 Å². The summed E-state index contributed by atoms with van der Waals surface area (Å²) in [5.41, 5.74) is 1.22. The van der Waals surface area contributed by atoms with Crippen molar-refractivity contribution >= 4 is 17.7 Å². The molecule has 0 spiro atoms. The number of hydrogen-bond donors (Lipinski definition) is 1. The van der Waals surface area contributed by atoms with Gasteiger partial charge in [-0.1, -0.05) is 13.0 Å². The summed E-state index contributed by atoms with van der Waals surface area (Å²) < 4.78 is 10.6. The van der Waals surface area contributed by atoms with Gasteiger partial charge in [0.1, 0.15) is 0 Å². The van der Waals surface area contributed by atoms with Crippen molar-refractivity contribution in [2.75, 3.05) is 46.7 Å². The number of nitrogens with one attached hydrogen (secondary N) is 1. The summed E-state index contributed by atoms with van der Waals surface area (Å²) in [6.45, 7) is 5.26. The van der Waals surface area contributed by atoms with E-state index in [1.165, 1.54) is 17.7 Å². The summed E-state index contributed by atoms with van der Waals surface area (Å²) in [7, 11) is 5.19. The van der Waals surface area contributed by atoms with E-state index >= 15 is 0 Å². The molecule has 0 aromatic heterocycles. The highest BCUT2D eigenvalue weighted by molar-refractivity contribution is 8.00. The first-order valence-electron chi connectivity index (χ1n) is 8.49. The molecule has 1 fully saturated rings. The molecule has 24 heavy (non-hydrogen) atoms. The summed E-state index contributed by atoms with van der Waals surface area (Å²) in [5.74, 6) is 3.73. The number of nitrogens with zero attached hydrogens (tertiary/aromatic N) is 2. The molecule has 134 valence electrons. The van der Waals surface area contributed by atoms with E-state index < -0.39 is 0 Å². The normalized spacial score (nSPS) is 18.4. The van der Waals surface area contributed by atoms with Gasteiger partial charge in [-0.2, -0.15) is 11.8 Å². The molecule has 0 amide bonds. The second kappa shape index (κ2) is 9.67. The maximum absolute atomic E-state index is 5.37. The fraction of sp³-hybridized carbons (Fsp3) is 0.611. The largest absolute Gasteiger partial charge is 0.493 e. The minimum Gasteiger partial charge on any atom is -0.493 e. The van der Waals surface area contributed by atoms with Gasteiger partial charge in [0.25, 0.3) is 0 Å². The lowest BCUT2D eigenvalue weighted by Crippen LogP contribution is -2.48. The highest BCUT2D eigenvalue weighted by Gasteiger charge is 2.21. The zero-order valence-corrected chi connectivity index (χ0v) is 16.0. The molecule has 1 aliphatic rings. The van der Waals surface area contributed by atoms with Crippen molar-refractivity contribution in [2.45, 2.75) is 25.0 Å². The summed E-state index contributed by atoms with van der Waals surface area (Å²) in [4.78, 5) is 6.82. The summed E-state index contributed by atoms with van der Waals surface area (Å²) in [6, 6.07) is 6.07. The number of thioether (sulfide) groups is 1. The molecule has 1 saturated heterocycles. The van der Waals surface area contributed by atoms with Crippen molar-refractivity contribution in [3.63, 3.8) is 0 Å². The Labute approximate surface area is 149 Å². The fourth-order valence-electron chi connectivity index (χ4n) is 2.85. The van der Waals surface area contributed by atoms with E-state index in [1.54, 1.807) is 14.2 Å². The average Bonchev–Trinajstić information content (AvgIpc) is 2.65. The van der Waals surface area contributed by atoms with Gasteiger partial charge in [-0.25, -0.2) is 0 Å². The standard InChI is InChI=1S/C18H29N3O2S/c1-5-15-13-21(10-11-24-15)18(19-2)20-9-8-14-6-7-16(22-3)17(12-14)23-4/h6-7,12,15H,5,8-11,13H2,1-4H3,(H,19,20). The summed E-state index contributed by atoms with van der Waals surface area (Å²) >= 11 is 2.07. The molecule has 1 unspecified atom stereocenters. The number of guanidine groups is 1. The zero-order valence-electron chi connectivity index (χ0n) is 15.2. The van der Waals surface area contributed by atoms with Gasteiger partial charge in [-0.3, -0.25) is 4.99 Å². The number of ether oxygens (including phenoxy) is 2. The number of hydrogen-bond acceptors (Lipinski definition) is 4. The maximum atomic E-state index is 5.37. The van der Waals surface area contributed by atoms with Crippen LogP contribution in [0.2, 0.25) is 0 Å². The Balaban J connectivity index is 1.88. The SMILES string of the molecule is CCC1CN(C(=NC)NCCc2ccc(OC)c(OC)c2)CCS1. The van der Waals surface area contributed by atoms with E-state index in [4.69, 9.17) is 9.47 Å². The van der Waals surface area contributed by atoms with Crippen LogP contribution in [0.3, 0.4) is 0 Å². The first kappa shape index (κ1) is 18.8. The van der Waals surface area contributed by atoms with Crippen LogP contribution in [0.4, 0.5) is 0 Å². The molecular weight excluding hydrogens is 322 g/mol. The van der Waals surface area contributed by atoms with E-state index in [-0.39, 0.29) is 0 Å². The Kier molecular flexibility index (Phi) is 7.56. The van der Waals surface area contributed by atoms with Crippen LogP contribution in [0.5, 0.6) is 11.5 Å². The second-order valence-corrected chi connectivity index (χ2v) is 7.17. The second-order valence-electron chi connectivity index (χ2n) is 5.76. The molecule has 0 saturated carbocycles. The van der Waals surface area contributed by atoms with E-state index in [1.807, 2.05) is 19.2 Å². The monoisotopic (exact) mass is 351 g/mol. The lowest BCUT2D eigenvalue weighted by atomic mass is 10.1. The quantitative estimate of drug-likeness (QED) is 0.631. The predicted octanol–water partition coefficient (Wildman–Crippen LogP) is 2.65. The molecular formula is C18H29N3O2S. The third-order valence-electron chi connectivity index (χ3n) is 4.25. The number of rotatable bonds is 6. The van der Waals surface area contributed by atoms with Crippen LogP contribution in [-0.2, 0) is 6.42 Å². The van der Waals surface area contributed by atoms with Crippen LogP contribution in [0.15, 0.2) is 23.2 Å². The first-order valence-corrected chi connectivity index (χ1v) is 9.54. The molecule has 5 nitrogen and oxygen atoms in total. The van der Waals surface area contributed by atoms with Gasteiger partial charge in [-0.05, 0) is 30.5 Å². The number of benzene rings is 1. The lowest BCUT2D eigenvalue weighted by molar-refractivity contribution is 0.354. The Morgan fingerprint density at radius 3 is 2.79 bits per heavy atom. The molecule has 1 N–H and O–H groups in total. The Bertz CT molecular complexity index is 551. The Hall–Kier alpha value is -1.56. The number of methoxy groups -OCH3 is 2. The molecule has 6 heteroatoms. The maximum Gasteiger partial charge on any atom is 0.193 e. The van der Waals surface area contributed by atoms with E-state index in [0.29, 0.717) is 5.25 Å². The van der Waals surface area contributed by atoms with Crippen molar-refractivity contribution in [1.29, 1.82) is 0 Å². The molecule has 0 aliphatic carbocycles. The van der Waals surface area contributed by atoms with Gasteiger partial charge < -0.3 is 19.7 Å². The summed E-state index contributed by atoms with van der Waals surface area (Å²) in [5, 5.41) is 4.20. The van der Waals surface area contributed by atoms with E-state index in [2.05, 4.69) is 40.0 Å². The smallest absolute Gasteiger partial charge is 0.193 e. The topological polar surface area (TPSA) is 46.1 Å². The van der Waals surface area contributed by atoms with E-state index in [9.17, 15) is 0 Å². The first-order chi connectivity index (χ1) is 11.7. The van der Waals surface area contributed by atoms with Crippen LogP contribution in [0, 0.1) is 0 Å². The third-order valence-corrected chi connectivity index (χ3v) is 5.62. The summed E-state index contributed by atoms with van der Waals surface area (Å²) in [6.07, 6.45) is 2.13. The lowest BCUT2D eigenvalue weighted by Gasteiger charge is -2.34. The van der Waals surface area contributed by atoms with Gasteiger partial charge in [-0.15, -0.1) is 0 Å². The highest BCUT2D eigenvalue weighted by atomic mass is 32.2. The molecule has 0 radical (unpaired) electrons. The predicted molar refractivity (Wildman–Crippen MR) is 103 cm³/mol. The minimum absolute atomic E-state index is 0.711. The van der Waals surface area contributed by atoms with Crippen molar-refractivity contribution < 1.29 is 9.47 Å². The van der Waals surface area contributed by atoms with Gasteiger partial charge in [0, 0.05) is 37.7 Å². The van der Waals surface area contributed by atoms with Gasteiger partial charge >= 0.3 is 0 Å². The third kappa shape index (κ3) is 4.97. The van der Waals surface area contributed by atoms with Crippen molar-refractivity contribution in [2.24, 2.45) is 4.99 Å². The van der Waals surface area contributed by atoms with Gasteiger partial charge in [0.15, 0.2) is 17.5 Å². The number of aliphatic imine (C=N–C) groups is 1. The Morgan fingerprint density at radius 1 is 1.33 bits per heavy atom. The minimum atomic E-state index is 0.711. The molecule has 2 rings (SSSR count). The van der Waals surface area contributed by atoms with Crippen LogP contribution in [0.1, 0.15) is 18.9 Å². The molecule has 0 bridgehead atoms. The van der Waals surface area contributed by atoms with Crippen molar-refractivity contribution in [3.8, 4) is 11.5 Å².